The Kier molecular flexibility index (Phi) is 7.63. The Balaban J connectivity index is 1.50. The van der Waals surface area contributed by atoms with Gasteiger partial charge in [-0.05, 0) is 68.4 Å². The third-order valence-corrected chi connectivity index (χ3v) is 6.38. The van der Waals surface area contributed by atoms with Gasteiger partial charge in [-0.3, -0.25) is 4.79 Å². The van der Waals surface area contributed by atoms with Crippen LogP contribution in [0, 0.1) is 0 Å². The molecule has 176 valence electrons. The first-order chi connectivity index (χ1) is 16.6. The van der Waals surface area contributed by atoms with E-state index in [9.17, 15) is 9.59 Å². The monoisotopic (exact) mass is 457 g/mol. The Labute approximate surface area is 201 Å². The van der Waals surface area contributed by atoms with E-state index in [1.165, 1.54) is 25.5 Å². The van der Waals surface area contributed by atoms with Gasteiger partial charge in [0.1, 0.15) is 12.4 Å². The molecule has 4 rings (SSSR count). The van der Waals surface area contributed by atoms with Crippen LogP contribution in [0.25, 0.3) is 6.08 Å². The zero-order valence-electron chi connectivity index (χ0n) is 19.9. The fourth-order valence-corrected chi connectivity index (χ4v) is 4.45. The van der Waals surface area contributed by atoms with E-state index in [0.29, 0.717) is 30.0 Å². The minimum Gasteiger partial charge on any atom is -0.489 e. The number of methoxy groups -OCH3 is 1. The molecule has 0 unspecified atom stereocenters. The first-order valence-electron chi connectivity index (χ1n) is 11.8. The number of esters is 1. The zero-order valence-corrected chi connectivity index (χ0v) is 19.9. The number of benzene rings is 2. The maximum atomic E-state index is 13.3. The number of carbonyl (C=O) groups is 2. The molecular formula is C29H31NO4. The lowest BCUT2D eigenvalue weighted by molar-refractivity contribution is -0.136. The molecule has 2 aliphatic rings. The van der Waals surface area contributed by atoms with Gasteiger partial charge in [0.15, 0.2) is 0 Å². The van der Waals surface area contributed by atoms with Gasteiger partial charge in [-0.2, -0.15) is 0 Å². The summed E-state index contributed by atoms with van der Waals surface area (Å²) >= 11 is 0. The van der Waals surface area contributed by atoms with Crippen LogP contribution < -0.4 is 4.74 Å². The van der Waals surface area contributed by atoms with Gasteiger partial charge >= 0.3 is 5.97 Å². The normalized spacial score (nSPS) is 17.2. The van der Waals surface area contributed by atoms with E-state index in [1.54, 1.807) is 11.0 Å². The average Bonchev–Trinajstić information content (AvgIpc) is 3.11. The summed E-state index contributed by atoms with van der Waals surface area (Å²) in [5.74, 6) is 0.101. The smallest absolute Gasteiger partial charge is 0.340 e. The highest BCUT2D eigenvalue weighted by atomic mass is 16.5. The van der Waals surface area contributed by atoms with Crippen LogP contribution in [0.5, 0.6) is 5.75 Å². The highest BCUT2D eigenvalue weighted by molar-refractivity contribution is 6.16. The van der Waals surface area contributed by atoms with Crippen LogP contribution in [0.15, 0.2) is 83.1 Å². The van der Waals surface area contributed by atoms with Crippen LogP contribution in [0.2, 0.25) is 0 Å². The molecule has 0 aromatic heterocycles. The predicted octanol–water partition coefficient (Wildman–Crippen LogP) is 5.83. The van der Waals surface area contributed by atoms with Crippen molar-refractivity contribution in [2.45, 2.75) is 45.6 Å². The second-order valence-electron chi connectivity index (χ2n) is 8.67. The number of hydrogen-bond donors (Lipinski definition) is 0. The molecule has 5 nitrogen and oxygen atoms in total. The molecule has 0 spiro atoms. The highest BCUT2D eigenvalue weighted by Crippen LogP contribution is 2.33. The Hall–Kier alpha value is -3.60. The molecule has 1 aliphatic carbocycles. The summed E-state index contributed by atoms with van der Waals surface area (Å²) in [6.45, 7) is 2.88. The number of rotatable bonds is 8. The Bertz CT molecular complexity index is 1130. The molecule has 0 atom stereocenters. The Morgan fingerprint density at radius 3 is 2.50 bits per heavy atom. The van der Waals surface area contributed by atoms with Crippen molar-refractivity contribution in [3.63, 3.8) is 0 Å². The molecular weight excluding hydrogens is 426 g/mol. The predicted molar refractivity (Wildman–Crippen MR) is 133 cm³/mol. The van der Waals surface area contributed by atoms with Gasteiger partial charge in [0.25, 0.3) is 5.91 Å². The van der Waals surface area contributed by atoms with Crippen LogP contribution in [0.3, 0.4) is 0 Å². The first kappa shape index (κ1) is 23.6. The molecule has 0 saturated carbocycles. The van der Waals surface area contributed by atoms with Crippen LogP contribution >= 0.6 is 0 Å². The van der Waals surface area contributed by atoms with Crippen molar-refractivity contribution < 1.29 is 19.1 Å². The molecule has 0 bridgehead atoms. The standard InChI is InChI=1S/C29H31NO4/c1-21-27(29(32)33-2)26(28(31)30(21)18-17-22-9-5-3-6-10-22)19-23-13-15-25(16-14-23)34-20-24-11-7-4-8-12-24/h4,7-9,11-16,19H,3,5-6,10,17-18,20H2,1-2H3/b26-19-. The van der Waals surface area contributed by atoms with E-state index in [2.05, 4.69) is 6.08 Å². The van der Waals surface area contributed by atoms with Crippen LogP contribution in [0.4, 0.5) is 0 Å². The Morgan fingerprint density at radius 1 is 1.06 bits per heavy atom. The molecule has 1 aliphatic heterocycles. The second-order valence-corrected chi connectivity index (χ2v) is 8.67. The largest absolute Gasteiger partial charge is 0.489 e. The first-order valence-corrected chi connectivity index (χ1v) is 11.8. The zero-order chi connectivity index (χ0) is 23.9. The summed E-state index contributed by atoms with van der Waals surface area (Å²) in [4.78, 5) is 27.6. The number of carbonyl (C=O) groups excluding carboxylic acids is 2. The van der Waals surface area contributed by atoms with E-state index in [0.717, 1.165) is 36.1 Å². The lowest BCUT2D eigenvalue weighted by Crippen LogP contribution is -2.26. The molecule has 0 fully saturated rings. The summed E-state index contributed by atoms with van der Waals surface area (Å²) in [5.41, 5.74) is 4.69. The van der Waals surface area contributed by atoms with E-state index >= 15 is 0 Å². The third kappa shape index (κ3) is 5.48. The van der Waals surface area contributed by atoms with Crippen LogP contribution in [-0.4, -0.2) is 30.4 Å². The van der Waals surface area contributed by atoms with Crippen molar-refractivity contribution in [1.82, 2.24) is 4.90 Å². The number of allylic oxidation sites excluding steroid dienone is 2. The number of ether oxygens (including phenoxy) is 2. The molecule has 2 aromatic carbocycles. The van der Waals surface area contributed by atoms with Gasteiger partial charge in [0.05, 0.1) is 18.3 Å². The highest BCUT2D eigenvalue weighted by Gasteiger charge is 2.36. The topological polar surface area (TPSA) is 55.8 Å². The second kappa shape index (κ2) is 11.0. The fraction of sp³-hybridized carbons (Fsp3) is 0.310. The van der Waals surface area contributed by atoms with Gasteiger partial charge in [-0.15, -0.1) is 0 Å². The fourth-order valence-electron chi connectivity index (χ4n) is 4.45. The van der Waals surface area contributed by atoms with Gasteiger partial charge in [-0.1, -0.05) is 54.1 Å². The van der Waals surface area contributed by atoms with Crippen molar-refractivity contribution in [2.24, 2.45) is 0 Å². The van der Waals surface area contributed by atoms with Gasteiger partial charge in [0, 0.05) is 12.2 Å². The minimum atomic E-state index is -0.487. The third-order valence-electron chi connectivity index (χ3n) is 6.38. The summed E-state index contributed by atoms with van der Waals surface area (Å²) in [7, 11) is 1.35. The van der Waals surface area contributed by atoms with Gasteiger partial charge < -0.3 is 14.4 Å². The summed E-state index contributed by atoms with van der Waals surface area (Å²) in [5, 5.41) is 0. The SMILES string of the molecule is COC(=O)C1=C(C)N(CCC2=CCCCC2)C(=O)/C1=C\c1ccc(OCc2ccccc2)cc1. The van der Waals surface area contributed by atoms with E-state index in [1.807, 2.05) is 61.5 Å². The molecule has 0 N–H and O–H groups in total. The van der Waals surface area contributed by atoms with Crippen LogP contribution in [0.1, 0.15) is 50.2 Å². The minimum absolute atomic E-state index is 0.154. The van der Waals surface area contributed by atoms with Crippen molar-refractivity contribution in [3.8, 4) is 5.75 Å². The lowest BCUT2D eigenvalue weighted by atomic mass is 9.97. The van der Waals surface area contributed by atoms with E-state index in [4.69, 9.17) is 9.47 Å². The molecule has 34 heavy (non-hydrogen) atoms. The Morgan fingerprint density at radius 2 is 1.82 bits per heavy atom. The van der Waals surface area contributed by atoms with Crippen molar-refractivity contribution >= 4 is 18.0 Å². The maximum Gasteiger partial charge on any atom is 0.340 e. The van der Waals surface area contributed by atoms with Crippen molar-refractivity contribution in [3.05, 3.63) is 94.2 Å². The summed E-state index contributed by atoms with van der Waals surface area (Å²) < 4.78 is 10.9. The summed E-state index contributed by atoms with van der Waals surface area (Å²) in [6, 6.07) is 17.5. The quantitative estimate of drug-likeness (QED) is 0.284. The number of amides is 1. The molecule has 0 radical (unpaired) electrons. The molecule has 5 heteroatoms. The summed E-state index contributed by atoms with van der Waals surface area (Å²) in [6.07, 6.45) is 9.54. The van der Waals surface area contributed by atoms with Gasteiger partial charge in [-0.25, -0.2) is 4.79 Å². The molecule has 1 amide bonds. The average molecular weight is 458 g/mol. The van der Waals surface area contributed by atoms with E-state index < -0.39 is 5.97 Å². The lowest BCUT2D eigenvalue weighted by Gasteiger charge is -2.20. The van der Waals surface area contributed by atoms with Crippen molar-refractivity contribution in [1.29, 1.82) is 0 Å². The molecule has 0 saturated heterocycles. The van der Waals surface area contributed by atoms with Gasteiger partial charge in [0.2, 0.25) is 0 Å². The molecule has 1 heterocycles. The maximum absolute atomic E-state index is 13.3. The van der Waals surface area contributed by atoms with Crippen LogP contribution in [-0.2, 0) is 20.9 Å². The van der Waals surface area contributed by atoms with E-state index in [-0.39, 0.29) is 5.91 Å². The number of hydrogen-bond acceptors (Lipinski definition) is 4. The molecule has 2 aromatic rings. The van der Waals surface area contributed by atoms with Crippen molar-refractivity contribution in [2.75, 3.05) is 13.7 Å². The number of nitrogens with zero attached hydrogens (tertiary/aromatic N) is 1.